The van der Waals surface area contributed by atoms with Gasteiger partial charge in [-0.05, 0) is 62.6 Å². The summed E-state index contributed by atoms with van der Waals surface area (Å²) in [5.41, 5.74) is 6.37. The first-order valence-corrected chi connectivity index (χ1v) is 10.9. The molecule has 164 valence electrons. The Morgan fingerprint density at radius 3 is 2.53 bits per heavy atom. The van der Waals surface area contributed by atoms with E-state index in [0.717, 1.165) is 34.3 Å². The molecule has 0 atom stereocenters. The number of hydrogen-bond donors (Lipinski definition) is 1. The first-order chi connectivity index (χ1) is 15.4. The van der Waals surface area contributed by atoms with Gasteiger partial charge in [0.05, 0.1) is 11.4 Å². The number of nitrogens with zero attached hydrogens (tertiary/aromatic N) is 3. The van der Waals surface area contributed by atoms with Crippen molar-refractivity contribution in [1.82, 2.24) is 14.8 Å². The quantitative estimate of drug-likeness (QED) is 0.418. The summed E-state index contributed by atoms with van der Waals surface area (Å²) in [5.74, 6) is 0.104. The van der Waals surface area contributed by atoms with Crippen molar-refractivity contribution in [1.29, 1.82) is 0 Å². The minimum atomic E-state index is -0.284. The highest BCUT2D eigenvalue weighted by atomic mass is 35.5. The van der Waals surface area contributed by atoms with Crippen molar-refractivity contribution < 1.29 is 9.53 Å². The van der Waals surface area contributed by atoms with Crippen LogP contribution in [-0.4, -0.2) is 27.3 Å². The van der Waals surface area contributed by atoms with Gasteiger partial charge in [0, 0.05) is 22.2 Å². The van der Waals surface area contributed by atoms with Crippen LogP contribution in [0.5, 0.6) is 5.88 Å². The molecule has 0 bridgehead atoms. The summed E-state index contributed by atoms with van der Waals surface area (Å²) in [6.07, 6.45) is 0.796. The maximum absolute atomic E-state index is 12.4. The Kier molecular flexibility index (Phi) is 6.15. The number of carbonyl (C=O) groups excluding carboxylic acids is 1. The van der Waals surface area contributed by atoms with Gasteiger partial charge in [-0.1, -0.05) is 42.3 Å². The number of aromatic nitrogens is 3. The lowest BCUT2D eigenvalue weighted by Crippen LogP contribution is -2.20. The van der Waals surface area contributed by atoms with Crippen LogP contribution >= 0.6 is 11.6 Å². The highest BCUT2D eigenvalue weighted by Crippen LogP contribution is 2.28. The molecule has 0 saturated carbocycles. The molecule has 0 fully saturated rings. The average Bonchev–Trinajstić information content (AvgIpc) is 3.11. The minimum absolute atomic E-state index is 0.162. The Bertz CT molecular complexity index is 1300. The summed E-state index contributed by atoms with van der Waals surface area (Å²) >= 11 is 6.13. The van der Waals surface area contributed by atoms with Crippen molar-refractivity contribution >= 4 is 34.2 Å². The standard InChI is InChI=1S/C25H25ClN4O2/c1-5-18-12-23(32-14-22(31)27-19-9-8-16(3)21(26)13-19)28-25-24(18)17(4)29-30(25)20-10-6-15(2)7-11-20/h6-13H,5,14H2,1-4H3,(H,27,31). The lowest BCUT2D eigenvalue weighted by atomic mass is 10.1. The number of ether oxygens (including phenoxy) is 1. The number of amides is 1. The molecule has 4 rings (SSSR count). The van der Waals surface area contributed by atoms with Gasteiger partial charge in [-0.3, -0.25) is 4.79 Å². The van der Waals surface area contributed by atoms with Crippen molar-refractivity contribution in [3.8, 4) is 11.6 Å². The molecular weight excluding hydrogens is 424 g/mol. The van der Waals surface area contributed by atoms with E-state index in [2.05, 4.69) is 17.2 Å². The summed E-state index contributed by atoms with van der Waals surface area (Å²) < 4.78 is 7.59. The fraction of sp³-hybridized carbons (Fsp3) is 0.240. The van der Waals surface area contributed by atoms with E-state index >= 15 is 0 Å². The van der Waals surface area contributed by atoms with Crippen LogP contribution in [0, 0.1) is 20.8 Å². The van der Waals surface area contributed by atoms with E-state index in [9.17, 15) is 4.79 Å². The van der Waals surface area contributed by atoms with E-state index in [1.165, 1.54) is 5.56 Å². The molecule has 7 heteroatoms. The second-order valence-corrected chi connectivity index (χ2v) is 8.21. The Morgan fingerprint density at radius 1 is 1.09 bits per heavy atom. The van der Waals surface area contributed by atoms with Gasteiger partial charge in [0.25, 0.3) is 5.91 Å². The number of pyridine rings is 1. The maximum Gasteiger partial charge on any atom is 0.262 e. The molecule has 2 heterocycles. The number of rotatable bonds is 6. The van der Waals surface area contributed by atoms with Crippen LogP contribution in [0.4, 0.5) is 5.69 Å². The molecule has 6 nitrogen and oxygen atoms in total. The smallest absolute Gasteiger partial charge is 0.262 e. The number of halogens is 1. The molecule has 0 saturated heterocycles. The first-order valence-electron chi connectivity index (χ1n) is 10.5. The Labute approximate surface area is 192 Å². The van der Waals surface area contributed by atoms with Gasteiger partial charge < -0.3 is 10.1 Å². The molecule has 0 aliphatic carbocycles. The molecular formula is C25H25ClN4O2. The van der Waals surface area contributed by atoms with Crippen molar-refractivity contribution in [3.63, 3.8) is 0 Å². The summed E-state index contributed by atoms with van der Waals surface area (Å²) in [4.78, 5) is 17.1. The lowest BCUT2D eigenvalue weighted by molar-refractivity contribution is -0.118. The molecule has 2 aromatic carbocycles. The van der Waals surface area contributed by atoms with Crippen LogP contribution in [0.2, 0.25) is 5.02 Å². The fourth-order valence-electron chi connectivity index (χ4n) is 3.58. The van der Waals surface area contributed by atoms with E-state index in [1.54, 1.807) is 6.07 Å². The van der Waals surface area contributed by atoms with Crippen LogP contribution in [0.15, 0.2) is 48.5 Å². The maximum atomic E-state index is 12.4. The average molecular weight is 449 g/mol. The molecule has 0 spiro atoms. The molecule has 1 amide bonds. The fourth-order valence-corrected chi connectivity index (χ4v) is 3.76. The van der Waals surface area contributed by atoms with Crippen LogP contribution < -0.4 is 10.1 Å². The van der Waals surface area contributed by atoms with Gasteiger partial charge >= 0.3 is 0 Å². The van der Waals surface area contributed by atoms with Gasteiger partial charge in [-0.2, -0.15) is 10.1 Å². The van der Waals surface area contributed by atoms with Gasteiger partial charge in [-0.15, -0.1) is 0 Å². The predicted molar refractivity (Wildman–Crippen MR) is 128 cm³/mol. The second kappa shape index (κ2) is 9.01. The molecule has 0 radical (unpaired) electrons. The van der Waals surface area contributed by atoms with Gasteiger partial charge in [0.15, 0.2) is 12.3 Å². The molecule has 4 aromatic rings. The third kappa shape index (κ3) is 4.46. The van der Waals surface area contributed by atoms with E-state index in [1.807, 2.05) is 67.9 Å². The summed E-state index contributed by atoms with van der Waals surface area (Å²) in [5, 5.41) is 9.12. The number of fused-ring (bicyclic) bond motifs is 1. The highest BCUT2D eigenvalue weighted by Gasteiger charge is 2.16. The largest absolute Gasteiger partial charge is 0.467 e. The number of nitrogens with one attached hydrogen (secondary N) is 1. The zero-order chi connectivity index (χ0) is 22.8. The van der Waals surface area contributed by atoms with Crippen molar-refractivity contribution in [2.45, 2.75) is 34.1 Å². The Balaban J connectivity index is 1.60. The van der Waals surface area contributed by atoms with Crippen LogP contribution in [0.3, 0.4) is 0 Å². The molecule has 0 unspecified atom stereocenters. The zero-order valence-corrected chi connectivity index (χ0v) is 19.3. The van der Waals surface area contributed by atoms with Crippen LogP contribution in [0.1, 0.15) is 29.3 Å². The molecule has 32 heavy (non-hydrogen) atoms. The minimum Gasteiger partial charge on any atom is -0.467 e. The normalized spacial score (nSPS) is 11.0. The van der Waals surface area contributed by atoms with Crippen molar-refractivity contribution in [2.75, 3.05) is 11.9 Å². The number of aryl methyl sites for hydroxylation is 4. The summed E-state index contributed by atoms with van der Waals surface area (Å²) in [6, 6.07) is 15.4. The predicted octanol–water partition coefficient (Wildman–Crippen LogP) is 5.58. The van der Waals surface area contributed by atoms with Gasteiger partial charge in [0.1, 0.15) is 0 Å². The van der Waals surface area contributed by atoms with E-state index in [4.69, 9.17) is 21.4 Å². The monoisotopic (exact) mass is 448 g/mol. The van der Waals surface area contributed by atoms with E-state index < -0.39 is 0 Å². The Hall–Kier alpha value is -3.38. The van der Waals surface area contributed by atoms with Gasteiger partial charge in [0.2, 0.25) is 5.88 Å². The number of anilines is 1. The molecule has 0 aliphatic rings. The topological polar surface area (TPSA) is 69.0 Å². The Morgan fingerprint density at radius 2 is 1.84 bits per heavy atom. The summed E-state index contributed by atoms with van der Waals surface area (Å²) in [7, 11) is 0. The van der Waals surface area contributed by atoms with Crippen molar-refractivity contribution in [2.24, 2.45) is 0 Å². The number of benzene rings is 2. The lowest BCUT2D eigenvalue weighted by Gasteiger charge is -2.10. The summed E-state index contributed by atoms with van der Waals surface area (Å²) in [6.45, 7) is 7.85. The van der Waals surface area contributed by atoms with Crippen LogP contribution in [0.25, 0.3) is 16.7 Å². The SMILES string of the molecule is CCc1cc(OCC(=O)Nc2ccc(C)c(Cl)c2)nc2c1c(C)nn2-c1ccc(C)cc1. The van der Waals surface area contributed by atoms with E-state index in [0.29, 0.717) is 22.2 Å². The molecule has 1 N–H and O–H groups in total. The zero-order valence-electron chi connectivity index (χ0n) is 18.6. The highest BCUT2D eigenvalue weighted by molar-refractivity contribution is 6.31. The first kappa shape index (κ1) is 21.8. The second-order valence-electron chi connectivity index (χ2n) is 7.81. The molecule has 0 aliphatic heterocycles. The van der Waals surface area contributed by atoms with Crippen molar-refractivity contribution in [3.05, 3.63) is 75.9 Å². The van der Waals surface area contributed by atoms with E-state index in [-0.39, 0.29) is 12.5 Å². The van der Waals surface area contributed by atoms with Gasteiger partial charge in [-0.25, -0.2) is 4.68 Å². The third-order valence-corrected chi connectivity index (χ3v) is 5.74. The third-order valence-electron chi connectivity index (χ3n) is 5.34. The number of hydrogen-bond acceptors (Lipinski definition) is 4. The molecule has 2 aromatic heterocycles. The van der Waals surface area contributed by atoms with Crippen LogP contribution in [-0.2, 0) is 11.2 Å². The number of carbonyl (C=O) groups is 1.